The van der Waals surface area contributed by atoms with E-state index in [0.29, 0.717) is 65.0 Å². The quantitative estimate of drug-likeness (QED) is 0.0372. The van der Waals surface area contributed by atoms with E-state index >= 15 is 0 Å². The number of aliphatic carboxylic acids is 1. The molecule has 0 aromatic rings. The smallest absolute Gasteiger partial charge is 0.347 e. The Balaban J connectivity index is -0.00000108. The van der Waals surface area contributed by atoms with Crippen LogP contribution in [0, 0.1) is 69.5 Å². The topological polar surface area (TPSA) is 266 Å². The Hall–Kier alpha value is -4.85. The lowest BCUT2D eigenvalue weighted by Gasteiger charge is -2.38. The summed E-state index contributed by atoms with van der Waals surface area (Å²) >= 11 is 0. The van der Waals surface area contributed by atoms with Crippen LogP contribution in [0.1, 0.15) is 306 Å². The lowest BCUT2D eigenvalue weighted by Crippen LogP contribution is -2.40. The summed E-state index contributed by atoms with van der Waals surface area (Å²) < 4.78 is 50.7. The Morgan fingerprint density at radius 1 is 0.475 bits per heavy atom. The maximum atomic E-state index is 12.2. The Morgan fingerprint density at radius 3 is 1.19 bits per heavy atom. The summed E-state index contributed by atoms with van der Waals surface area (Å²) in [6.07, 6.45) is 24.1. The SMILES string of the molecule is CCC(C)(C)C(=O)OC1CC2CC1C1CCCC21.CCC(C)(C)C(=O)OC1CCOC1=O.CCC(C)C(=O)O.CCC(C)C(=O)OCCOC.CCC(C)C(=O)OCCOC.CCC1(OC(=O)C(C)(C)CC)CCCCC1.CCCCOC(=O)C(C)CC.CCCCOC(=O)C(C)CC. The van der Waals surface area contributed by atoms with Gasteiger partial charge in [0.2, 0.25) is 6.10 Å². The number of carboxylic acid groups (broad SMARTS) is 1. The van der Waals surface area contributed by atoms with Crippen LogP contribution < -0.4 is 0 Å². The van der Waals surface area contributed by atoms with Crippen LogP contribution in [0.2, 0.25) is 0 Å². The number of cyclic esters (lactones) is 1. The minimum Gasteiger partial charge on any atom is -0.481 e. The molecule has 5 rings (SSSR count). The molecule has 11 atom stereocenters. The molecule has 582 valence electrons. The Bertz CT molecular complexity index is 2110. The molecule has 5 aliphatic rings. The van der Waals surface area contributed by atoms with Gasteiger partial charge in [0.15, 0.2) is 0 Å². The van der Waals surface area contributed by atoms with Crippen molar-refractivity contribution in [1.82, 2.24) is 0 Å². The highest BCUT2D eigenvalue weighted by molar-refractivity contribution is 5.83. The molecule has 20 nitrogen and oxygen atoms in total. The molecule has 2 bridgehead atoms. The molecule has 0 aromatic carbocycles. The molecule has 0 spiro atoms. The van der Waals surface area contributed by atoms with Gasteiger partial charge in [-0.15, -0.1) is 0 Å². The third-order valence-corrected chi connectivity index (χ3v) is 20.4. The first-order valence-corrected chi connectivity index (χ1v) is 38.2. The average molecular weight is 1420 g/mol. The maximum Gasteiger partial charge on any atom is 0.347 e. The van der Waals surface area contributed by atoms with Gasteiger partial charge in [0.25, 0.3) is 0 Å². The number of methoxy groups -OCH3 is 2. The average Bonchev–Trinajstić information content (AvgIpc) is 1.60. The molecule has 99 heavy (non-hydrogen) atoms. The van der Waals surface area contributed by atoms with Crippen molar-refractivity contribution in [1.29, 1.82) is 0 Å². The van der Waals surface area contributed by atoms with Crippen LogP contribution in [0.3, 0.4) is 0 Å². The highest BCUT2D eigenvalue weighted by Gasteiger charge is 2.55. The number of carboxylic acids is 1. The van der Waals surface area contributed by atoms with Crippen molar-refractivity contribution in [2.45, 2.75) is 324 Å². The van der Waals surface area contributed by atoms with E-state index in [1.165, 1.54) is 44.9 Å². The second-order valence-electron chi connectivity index (χ2n) is 29.4. The van der Waals surface area contributed by atoms with Crippen LogP contribution in [0.25, 0.3) is 0 Å². The first kappa shape index (κ1) is 98.3. The van der Waals surface area contributed by atoms with Gasteiger partial charge in [-0.25, -0.2) is 4.79 Å². The minimum absolute atomic E-state index is 0.00635. The number of ether oxygens (including phenoxy) is 10. The van der Waals surface area contributed by atoms with Gasteiger partial charge in [0, 0.05) is 20.6 Å². The summed E-state index contributed by atoms with van der Waals surface area (Å²) in [5.41, 5.74) is -1.32. The Morgan fingerprint density at radius 2 is 0.859 bits per heavy atom. The van der Waals surface area contributed by atoms with Crippen LogP contribution in [0.15, 0.2) is 0 Å². The van der Waals surface area contributed by atoms with E-state index in [2.05, 4.69) is 27.7 Å². The van der Waals surface area contributed by atoms with E-state index in [9.17, 15) is 43.2 Å². The molecule has 1 heterocycles. The summed E-state index contributed by atoms with van der Waals surface area (Å²) in [5.74, 6) is 1.54. The van der Waals surface area contributed by atoms with Gasteiger partial charge in [-0.2, -0.15) is 0 Å². The predicted octanol–water partition coefficient (Wildman–Crippen LogP) is 17.5. The molecular weight excluding hydrogens is 1270 g/mol. The van der Waals surface area contributed by atoms with E-state index < -0.39 is 23.5 Å². The van der Waals surface area contributed by atoms with Crippen molar-refractivity contribution < 1.29 is 95.6 Å². The molecule has 4 saturated carbocycles. The predicted molar refractivity (Wildman–Crippen MR) is 389 cm³/mol. The van der Waals surface area contributed by atoms with Crippen LogP contribution in [-0.2, 0) is 90.5 Å². The van der Waals surface area contributed by atoms with Crippen molar-refractivity contribution in [3.8, 4) is 0 Å². The lowest BCUT2D eigenvalue weighted by atomic mass is 9.80. The zero-order valence-corrected chi connectivity index (χ0v) is 67.0. The van der Waals surface area contributed by atoms with Crippen molar-refractivity contribution in [3.63, 3.8) is 0 Å². The number of unbranched alkanes of at least 4 members (excludes halogenated alkanes) is 2. The number of hydrogen-bond acceptors (Lipinski definition) is 19. The molecular formula is C79H146O20. The van der Waals surface area contributed by atoms with Crippen molar-refractivity contribution in [2.75, 3.05) is 60.5 Å². The number of esters is 8. The van der Waals surface area contributed by atoms with E-state index in [1.54, 1.807) is 35.0 Å². The zero-order valence-electron chi connectivity index (χ0n) is 67.0. The fourth-order valence-corrected chi connectivity index (χ4v) is 10.3. The first-order valence-electron chi connectivity index (χ1n) is 38.2. The zero-order chi connectivity index (χ0) is 76.5. The van der Waals surface area contributed by atoms with E-state index in [1.807, 2.05) is 104 Å². The fraction of sp³-hybridized carbons (Fsp3) is 0.886. The third kappa shape index (κ3) is 40.6. The summed E-state index contributed by atoms with van der Waals surface area (Å²) in [6, 6.07) is 0. The first-order chi connectivity index (χ1) is 46.5. The molecule has 1 aliphatic heterocycles. The Labute approximate surface area is 601 Å². The highest BCUT2D eigenvalue weighted by atomic mass is 16.6. The summed E-state index contributed by atoms with van der Waals surface area (Å²) in [5, 5.41) is 8.18. The molecule has 0 amide bonds. The van der Waals surface area contributed by atoms with Crippen LogP contribution in [0.4, 0.5) is 0 Å². The number of hydrogen-bond donors (Lipinski definition) is 1. The normalized spacial score (nSPS) is 20.6. The summed E-state index contributed by atoms with van der Waals surface area (Å²) in [7, 11) is 3.16. The van der Waals surface area contributed by atoms with Gasteiger partial charge in [-0.3, -0.25) is 38.4 Å². The largest absolute Gasteiger partial charge is 0.481 e. The second kappa shape index (κ2) is 54.8. The monoisotopic (exact) mass is 1420 g/mol. The number of rotatable bonds is 32. The van der Waals surface area contributed by atoms with E-state index in [-0.39, 0.29) is 93.9 Å². The number of carbonyl (C=O) groups is 9. The van der Waals surface area contributed by atoms with Gasteiger partial charge in [-0.1, -0.05) is 136 Å². The number of fused-ring (bicyclic) bond motifs is 5. The number of carbonyl (C=O) groups excluding carboxylic acids is 8. The molecule has 11 unspecified atom stereocenters. The van der Waals surface area contributed by atoms with E-state index in [0.717, 1.165) is 114 Å². The van der Waals surface area contributed by atoms with Gasteiger partial charge in [0.05, 0.1) is 78.9 Å². The highest BCUT2D eigenvalue weighted by Crippen LogP contribution is 2.59. The third-order valence-electron chi connectivity index (χ3n) is 20.4. The van der Waals surface area contributed by atoms with Crippen molar-refractivity contribution in [3.05, 3.63) is 0 Å². The maximum absolute atomic E-state index is 12.2. The van der Waals surface area contributed by atoms with Crippen LogP contribution in [-0.4, -0.2) is 137 Å². The molecule has 1 saturated heterocycles. The minimum atomic E-state index is -0.706. The lowest BCUT2D eigenvalue weighted by molar-refractivity contribution is -0.175. The van der Waals surface area contributed by atoms with Gasteiger partial charge < -0.3 is 52.5 Å². The van der Waals surface area contributed by atoms with Crippen LogP contribution >= 0.6 is 0 Å². The van der Waals surface area contributed by atoms with Crippen molar-refractivity contribution >= 4 is 53.7 Å². The van der Waals surface area contributed by atoms with Crippen molar-refractivity contribution in [2.24, 2.45) is 69.5 Å². The van der Waals surface area contributed by atoms with Gasteiger partial charge in [0.1, 0.15) is 24.9 Å². The second-order valence-corrected chi connectivity index (χ2v) is 29.4. The van der Waals surface area contributed by atoms with Gasteiger partial charge >= 0.3 is 53.7 Å². The molecule has 0 aromatic heterocycles. The fourth-order valence-electron chi connectivity index (χ4n) is 10.3. The standard InChI is InChI=1S/C16H26O2.C14H26O2.C10H16O4.2C9H18O2.2C8H16O3.C5H10O2/c1-4-16(2,3)15(17)18-14-9-10-8-13(14)12-7-5-6-11(10)12;1-5-13(3,4)12(15)16-14(6-2)10-8-7-9-11-14;1-4-10(2,3)9(12)14-7-5-6-13-8(7)11;2*1-4-6-7-11-9(10)8(3)5-2;2*1-4-7(2)8(9)11-6-5-10-3;1-3-4(2)5(6)7/h10-14H,4-9H2,1-3H3;5-11H2,1-4H3;7H,4-6H2,1-3H3;2*8H,4-7H2,1-3H3;2*7H,4-6H2,1-3H3;4H,3H2,1-2H3,(H,6,7). The van der Waals surface area contributed by atoms with E-state index in [4.69, 9.17) is 52.5 Å². The van der Waals surface area contributed by atoms with Gasteiger partial charge in [-0.05, 0) is 187 Å². The Kier molecular flexibility index (Phi) is 54.4. The molecule has 5 fully saturated rings. The van der Waals surface area contributed by atoms with Crippen LogP contribution in [0.5, 0.6) is 0 Å². The molecule has 20 heteroatoms. The molecule has 0 radical (unpaired) electrons. The summed E-state index contributed by atoms with van der Waals surface area (Å²) in [4.78, 5) is 101. The summed E-state index contributed by atoms with van der Waals surface area (Å²) in [6.45, 7) is 46.0. The molecule has 1 N–H and O–H groups in total. The molecule has 4 aliphatic carbocycles.